The standard InChI is InChI=1S/C9H12ClN3/c1-11-8-5-13(6-8)9-3-2-7(10)4-12-9/h2-4,8,11H,5-6H2,1H3. The van der Waals surface area contributed by atoms with Gasteiger partial charge >= 0.3 is 0 Å². The van der Waals surface area contributed by atoms with Crippen LogP contribution < -0.4 is 10.2 Å². The van der Waals surface area contributed by atoms with E-state index in [9.17, 15) is 0 Å². The molecule has 0 aliphatic carbocycles. The van der Waals surface area contributed by atoms with Gasteiger partial charge in [0.15, 0.2) is 0 Å². The summed E-state index contributed by atoms with van der Waals surface area (Å²) < 4.78 is 0. The monoisotopic (exact) mass is 197 g/mol. The Kier molecular flexibility index (Phi) is 2.38. The van der Waals surface area contributed by atoms with Crippen molar-refractivity contribution in [3.63, 3.8) is 0 Å². The largest absolute Gasteiger partial charge is 0.353 e. The fourth-order valence-electron chi connectivity index (χ4n) is 1.40. The third kappa shape index (κ3) is 1.76. The van der Waals surface area contributed by atoms with E-state index in [1.165, 1.54) is 0 Å². The molecule has 1 saturated heterocycles. The molecule has 1 fully saturated rings. The number of likely N-dealkylation sites (N-methyl/N-ethyl adjacent to an activating group) is 1. The molecule has 1 aliphatic rings. The molecule has 0 aromatic carbocycles. The Morgan fingerprint density at radius 1 is 1.54 bits per heavy atom. The van der Waals surface area contributed by atoms with Crippen LogP contribution >= 0.6 is 11.6 Å². The first-order valence-corrected chi connectivity index (χ1v) is 4.71. The summed E-state index contributed by atoms with van der Waals surface area (Å²) in [7, 11) is 1.98. The number of halogens is 1. The van der Waals surface area contributed by atoms with Crippen molar-refractivity contribution in [2.24, 2.45) is 0 Å². The molecule has 0 bridgehead atoms. The minimum absolute atomic E-state index is 0.609. The molecule has 1 N–H and O–H groups in total. The van der Waals surface area contributed by atoms with E-state index in [1.807, 2.05) is 19.2 Å². The molecule has 0 spiro atoms. The second-order valence-corrected chi connectivity index (χ2v) is 3.66. The van der Waals surface area contributed by atoms with E-state index in [1.54, 1.807) is 6.20 Å². The molecule has 0 saturated carbocycles. The first-order valence-electron chi connectivity index (χ1n) is 4.33. The molecule has 1 aliphatic heterocycles. The molecule has 4 heteroatoms. The minimum atomic E-state index is 0.609. The maximum atomic E-state index is 5.74. The van der Waals surface area contributed by atoms with Gasteiger partial charge in [-0.2, -0.15) is 0 Å². The van der Waals surface area contributed by atoms with Crippen molar-refractivity contribution in [3.8, 4) is 0 Å². The van der Waals surface area contributed by atoms with Gasteiger partial charge in [-0.15, -0.1) is 0 Å². The summed E-state index contributed by atoms with van der Waals surface area (Å²) in [4.78, 5) is 6.45. The van der Waals surface area contributed by atoms with Gasteiger partial charge in [0, 0.05) is 25.3 Å². The van der Waals surface area contributed by atoms with Crippen molar-refractivity contribution in [3.05, 3.63) is 23.4 Å². The smallest absolute Gasteiger partial charge is 0.128 e. The average Bonchev–Trinajstić information content (AvgIpc) is 2.06. The highest BCUT2D eigenvalue weighted by molar-refractivity contribution is 6.30. The lowest BCUT2D eigenvalue weighted by atomic mass is 10.1. The molecule has 70 valence electrons. The predicted octanol–water partition coefficient (Wildman–Crippen LogP) is 1.14. The number of hydrogen-bond donors (Lipinski definition) is 1. The van der Waals surface area contributed by atoms with E-state index < -0.39 is 0 Å². The Bertz CT molecular complexity index is 279. The number of hydrogen-bond acceptors (Lipinski definition) is 3. The molecular weight excluding hydrogens is 186 g/mol. The van der Waals surface area contributed by atoms with E-state index in [0.717, 1.165) is 18.9 Å². The lowest BCUT2D eigenvalue weighted by molar-refractivity contribution is 0.447. The Balaban J connectivity index is 1.99. The topological polar surface area (TPSA) is 28.2 Å². The number of rotatable bonds is 2. The van der Waals surface area contributed by atoms with Gasteiger partial charge in [0.1, 0.15) is 5.82 Å². The van der Waals surface area contributed by atoms with Crippen molar-refractivity contribution in [1.29, 1.82) is 0 Å². The van der Waals surface area contributed by atoms with Crippen LogP contribution in [0.15, 0.2) is 18.3 Å². The summed E-state index contributed by atoms with van der Waals surface area (Å²) in [6.07, 6.45) is 1.68. The first kappa shape index (κ1) is 8.78. The maximum absolute atomic E-state index is 5.74. The summed E-state index contributed by atoms with van der Waals surface area (Å²) in [5.74, 6) is 1.01. The van der Waals surface area contributed by atoms with Crippen LogP contribution in [0, 0.1) is 0 Å². The lowest BCUT2D eigenvalue weighted by Crippen LogP contribution is -2.57. The van der Waals surface area contributed by atoms with Crippen LogP contribution in [0.3, 0.4) is 0 Å². The van der Waals surface area contributed by atoms with Gasteiger partial charge in [0.05, 0.1) is 5.02 Å². The Hall–Kier alpha value is -0.800. The molecule has 1 aromatic heterocycles. The number of aromatic nitrogens is 1. The van der Waals surface area contributed by atoms with Crippen molar-refractivity contribution in [2.45, 2.75) is 6.04 Å². The number of pyridine rings is 1. The molecule has 3 nitrogen and oxygen atoms in total. The van der Waals surface area contributed by atoms with Gasteiger partial charge in [-0.05, 0) is 19.2 Å². The van der Waals surface area contributed by atoms with Gasteiger partial charge in [-0.1, -0.05) is 11.6 Å². The molecule has 0 amide bonds. The van der Waals surface area contributed by atoms with Crippen LogP contribution in [-0.4, -0.2) is 31.2 Å². The quantitative estimate of drug-likeness (QED) is 0.771. The van der Waals surface area contributed by atoms with Crippen LogP contribution in [0.25, 0.3) is 0 Å². The van der Waals surface area contributed by atoms with E-state index in [2.05, 4.69) is 15.2 Å². The van der Waals surface area contributed by atoms with Crippen molar-refractivity contribution in [2.75, 3.05) is 25.0 Å². The Morgan fingerprint density at radius 2 is 2.31 bits per heavy atom. The summed E-state index contributed by atoms with van der Waals surface area (Å²) in [6.45, 7) is 2.07. The Morgan fingerprint density at radius 3 is 2.85 bits per heavy atom. The lowest BCUT2D eigenvalue weighted by Gasteiger charge is -2.39. The molecule has 0 atom stereocenters. The van der Waals surface area contributed by atoms with E-state index in [4.69, 9.17) is 11.6 Å². The number of anilines is 1. The van der Waals surface area contributed by atoms with Crippen LogP contribution in [0.2, 0.25) is 5.02 Å². The van der Waals surface area contributed by atoms with E-state index in [0.29, 0.717) is 11.1 Å². The minimum Gasteiger partial charge on any atom is -0.353 e. The van der Waals surface area contributed by atoms with Crippen molar-refractivity contribution < 1.29 is 0 Å². The van der Waals surface area contributed by atoms with Gasteiger partial charge < -0.3 is 10.2 Å². The molecule has 13 heavy (non-hydrogen) atoms. The zero-order valence-electron chi connectivity index (χ0n) is 7.50. The van der Waals surface area contributed by atoms with Crippen LogP contribution in [0.4, 0.5) is 5.82 Å². The Labute approximate surface area is 82.7 Å². The van der Waals surface area contributed by atoms with Gasteiger partial charge in [0.25, 0.3) is 0 Å². The van der Waals surface area contributed by atoms with Gasteiger partial charge in [-0.25, -0.2) is 4.98 Å². The highest BCUT2D eigenvalue weighted by Gasteiger charge is 2.25. The third-order valence-corrected chi connectivity index (χ3v) is 2.55. The molecular formula is C9H12ClN3. The predicted molar refractivity (Wildman–Crippen MR) is 54.3 cm³/mol. The molecule has 1 aromatic rings. The third-order valence-electron chi connectivity index (χ3n) is 2.33. The van der Waals surface area contributed by atoms with Crippen molar-refractivity contribution in [1.82, 2.24) is 10.3 Å². The first-order chi connectivity index (χ1) is 6.29. The normalized spacial score (nSPS) is 17.2. The fourth-order valence-corrected chi connectivity index (χ4v) is 1.52. The number of nitrogens with one attached hydrogen (secondary N) is 1. The summed E-state index contributed by atoms with van der Waals surface area (Å²) in [5.41, 5.74) is 0. The zero-order valence-corrected chi connectivity index (χ0v) is 8.25. The van der Waals surface area contributed by atoms with E-state index >= 15 is 0 Å². The highest BCUT2D eigenvalue weighted by atomic mass is 35.5. The SMILES string of the molecule is CNC1CN(c2ccc(Cl)cn2)C1. The number of nitrogens with zero attached hydrogens (tertiary/aromatic N) is 2. The van der Waals surface area contributed by atoms with E-state index in [-0.39, 0.29) is 0 Å². The summed E-state index contributed by atoms with van der Waals surface area (Å²) in [5, 5.41) is 3.91. The molecule has 0 radical (unpaired) electrons. The molecule has 2 heterocycles. The highest BCUT2D eigenvalue weighted by Crippen LogP contribution is 2.19. The average molecular weight is 198 g/mol. The van der Waals surface area contributed by atoms with Crippen LogP contribution in [-0.2, 0) is 0 Å². The summed E-state index contributed by atoms with van der Waals surface area (Å²) in [6, 6.07) is 4.43. The van der Waals surface area contributed by atoms with Gasteiger partial charge in [0.2, 0.25) is 0 Å². The summed E-state index contributed by atoms with van der Waals surface area (Å²) >= 11 is 5.74. The van der Waals surface area contributed by atoms with Crippen LogP contribution in [0.5, 0.6) is 0 Å². The maximum Gasteiger partial charge on any atom is 0.128 e. The fraction of sp³-hybridized carbons (Fsp3) is 0.444. The zero-order chi connectivity index (χ0) is 9.26. The van der Waals surface area contributed by atoms with Crippen LogP contribution in [0.1, 0.15) is 0 Å². The molecule has 0 unspecified atom stereocenters. The van der Waals surface area contributed by atoms with Gasteiger partial charge in [-0.3, -0.25) is 0 Å². The molecule has 2 rings (SSSR count). The van der Waals surface area contributed by atoms with Crippen molar-refractivity contribution >= 4 is 17.4 Å². The second kappa shape index (κ2) is 3.52. The second-order valence-electron chi connectivity index (χ2n) is 3.23.